The molecule has 1 unspecified atom stereocenters. The van der Waals surface area contributed by atoms with Gasteiger partial charge in [-0.05, 0) is 43.4 Å². The molecule has 1 amide bonds. The van der Waals surface area contributed by atoms with E-state index in [2.05, 4.69) is 22.3 Å². The van der Waals surface area contributed by atoms with Crippen molar-refractivity contribution in [3.63, 3.8) is 0 Å². The lowest BCUT2D eigenvalue weighted by Gasteiger charge is -2.42. The molecule has 1 aromatic heterocycles. The van der Waals surface area contributed by atoms with Crippen molar-refractivity contribution in [1.29, 1.82) is 0 Å². The third kappa shape index (κ3) is 3.95. The van der Waals surface area contributed by atoms with Crippen LogP contribution in [0.3, 0.4) is 0 Å². The summed E-state index contributed by atoms with van der Waals surface area (Å²) in [6, 6.07) is 16.8. The summed E-state index contributed by atoms with van der Waals surface area (Å²) < 4.78 is 19.8. The second-order valence-corrected chi connectivity index (χ2v) is 9.59. The topological polar surface area (TPSA) is 55.3 Å². The minimum atomic E-state index is -0.527. The minimum absolute atomic E-state index is 0.124. The van der Waals surface area contributed by atoms with E-state index in [1.165, 1.54) is 17.4 Å². The molecule has 3 aromatic rings. The molecule has 2 aliphatic heterocycles. The molecular weight excluding hydrogens is 425 g/mol. The van der Waals surface area contributed by atoms with Crippen molar-refractivity contribution in [3.05, 3.63) is 71.0 Å². The Bertz CT molecular complexity index is 1080. The van der Waals surface area contributed by atoms with Crippen molar-refractivity contribution in [1.82, 2.24) is 15.1 Å². The molecule has 0 bridgehead atoms. The standard InChI is InChI=1S/C25H26FN3O2S/c26-21-11-5-4-10-20(21)23-28-27-22(32-23)18-7-6-14-29(17-18)24(30)25(12-15-31-16-13-25)19-8-2-1-3-9-19/h1-5,8-11,18H,6-7,12-17H2. The van der Waals surface area contributed by atoms with Crippen LogP contribution < -0.4 is 0 Å². The highest BCUT2D eigenvalue weighted by Gasteiger charge is 2.45. The fourth-order valence-electron chi connectivity index (χ4n) is 4.91. The molecule has 5 rings (SSSR count). The maximum Gasteiger partial charge on any atom is 0.233 e. The Hall–Kier alpha value is -2.64. The van der Waals surface area contributed by atoms with E-state index in [1.54, 1.807) is 18.2 Å². The van der Waals surface area contributed by atoms with Crippen LogP contribution in [0.2, 0.25) is 0 Å². The molecule has 2 fully saturated rings. The molecule has 1 atom stereocenters. The average molecular weight is 452 g/mol. The van der Waals surface area contributed by atoms with Gasteiger partial charge in [0.05, 0.1) is 5.41 Å². The van der Waals surface area contributed by atoms with Gasteiger partial charge in [-0.2, -0.15) is 0 Å². The first-order valence-electron chi connectivity index (χ1n) is 11.2. The second-order valence-electron chi connectivity index (χ2n) is 8.58. The van der Waals surface area contributed by atoms with E-state index in [4.69, 9.17) is 4.74 Å². The number of halogens is 1. The van der Waals surface area contributed by atoms with Gasteiger partial charge in [0.15, 0.2) is 5.01 Å². The molecule has 32 heavy (non-hydrogen) atoms. The van der Waals surface area contributed by atoms with Crippen molar-refractivity contribution in [2.24, 2.45) is 0 Å². The van der Waals surface area contributed by atoms with E-state index in [0.717, 1.165) is 30.0 Å². The molecule has 0 saturated carbocycles. The molecule has 2 saturated heterocycles. The summed E-state index contributed by atoms with van der Waals surface area (Å²) in [6.45, 7) is 2.57. The zero-order chi connectivity index (χ0) is 22.0. The monoisotopic (exact) mass is 451 g/mol. The number of ether oxygens (including phenoxy) is 1. The number of rotatable bonds is 4. The van der Waals surface area contributed by atoms with Gasteiger partial charge >= 0.3 is 0 Å². The van der Waals surface area contributed by atoms with E-state index in [1.807, 2.05) is 23.1 Å². The van der Waals surface area contributed by atoms with Gasteiger partial charge in [0, 0.05) is 37.8 Å². The molecule has 2 aliphatic rings. The van der Waals surface area contributed by atoms with Crippen LogP contribution in [0, 0.1) is 5.82 Å². The molecule has 7 heteroatoms. The van der Waals surface area contributed by atoms with Crippen molar-refractivity contribution in [2.75, 3.05) is 26.3 Å². The summed E-state index contributed by atoms with van der Waals surface area (Å²) >= 11 is 1.43. The predicted octanol–water partition coefficient (Wildman–Crippen LogP) is 4.80. The molecule has 3 heterocycles. The number of hydrogen-bond acceptors (Lipinski definition) is 5. The molecular formula is C25H26FN3O2S. The molecule has 0 N–H and O–H groups in total. The Morgan fingerprint density at radius 3 is 2.59 bits per heavy atom. The van der Waals surface area contributed by atoms with E-state index in [9.17, 15) is 9.18 Å². The maximum atomic E-state index is 14.2. The van der Waals surface area contributed by atoms with Crippen LogP contribution >= 0.6 is 11.3 Å². The summed E-state index contributed by atoms with van der Waals surface area (Å²) in [4.78, 5) is 15.9. The lowest BCUT2D eigenvalue weighted by molar-refractivity contribution is -0.142. The van der Waals surface area contributed by atoms with E-state index < -0.39 is 5.41 Å². The predicted molar refractivity (Wildman–Crippen MR) is 122 cm³/mol. The first-order chi connectivity index (χ1) is 15.7. The number of aromatic nitrogens is 2. The van der Waals surface area contributed by atoms with Crippen molar-refractivity contribution in [3.8, 4) is 10.6 Å². The Morgan fingerprint density at radius 2 is 1.81 bits per heavy atom. The van der Waals surface area contributed by atoms with Gasteiger partial charge in [-0.1, -0.05) is 53.8 Å². The van der Waals surface area contributed by atoms with E-state index >= 15 is 0 Å². The van der Waals surface area contributed by atoms with Crippen LogP contribution in [0.5, 0.6) is 0 Å². The number of hydrogen-bond donors (Lipinski definition) is 0. The smallest absolute Gasteiger partial charge is 0.233 e. The van der Waals surface area contributed by atoms with Crippen LogP contribution in [0.1, 0.15) is 42.2 Å². The lowest BCUT2D eigenvalue weighted by atomic mass is 9.72. The molecule has 166 valence electrons. The zero-order valence-electron chi connectivity index (χ0n) is 17.9. The first-order valence-corrected chi connectivity index (χ1v) is 12.0. The third-order valence-electron chi connectivity index (χ3n) is 6.68. The van der Waals surface area contributed by atoms with Crippen LogP contribution in [0.25, 0.3) is 10.6 Å². The molecule has 5 nitrogen and oxygen atoms in total. The summed E-state index contributed by atoms with van der Waals surface area (Å²) in [5.41, 5.74) is 1.03. The van der Waals surface area contributed by atoms with Gasteiger partial charge in [-0.15, -0.1) is 10.2 Å². The Labute approximate surface area is 191 Å². The van der Waals surface area contributed by atoms with Crippen molar-refractivity contribution >= 4 is 17.2 Å². The van der Waals surface area contributed by atoms with Gasteiger partial charge in [0.1, 0.15) is 10.8 Å². The number of carbonyl (C=O) groups excluding carboxylic acids is 1. The van der Waals surface area contributed by atoms with Gasteiger partial charge in [-0.25, -0.2) is 4.39 Å². The number of likely N-dealkylation sites (tertiary alicyclic amines) is 1. The SMILES string of the molecule is O=C(N1CCCC(c2nnc(-c3ccccc3F)s2)C1)C1(c2ccccc2)CCOCC1. The maximum absolute atomic E-state index is 14.2. The molecule has 0 radical (unpaired) electrons. The number of benzene rings is 2. The summed E-state index contributed by atoms with van der Waals surface area (Å²) in [7, 11) is 0. The minimum Gasteiger partial charge on any atom is -0.381 e. The number of carbonyl (C=O) groups is 1. The van der Waals surface area contributed by atoms with Crippen molar-refractivity contribution < 1.29 is 13.9 Å². The van der Waals surface area contributed by atoms with Gasteiger partial charge < -0.3 is 9.64 Å². The Kier molecular flexibility index (Phi) is 6.02. The Balaban J connectivity index is 1.38. The van der Waals surface area contributed by atoms with Crippen LogP contribution in [-0.2, 0) is 14.9 Å². The molecule has 0 aliphatic carbocycles. The fraction of sp³-hybridized carbons (Fsp3) is 0.400. The van der Waals surface area contributed by atoms with E-state index in [0.29, 0.717) is 43.2 Å². The second kappa shape index (κ2) is 9.08. The van der Waals surface area contributed by atoms with Crippen LogP contribution in [0.15, 0.2) is 54.6 Å². The summed E-state index contributed by atoms with van der Waals surface area (Å²) in [5.74, 6) is 0.0221. The van der Waals surface area contributed by atoms with Crippen molar-refractivity contribution in [2.45, 2.75) is 37.0 Å². The quantitative estimate of drug-likeness (QED) is 0.572. The fourth-order valence-corrected chi connectivity index (χ4v) is 5.91. The Morgan fingerprint density at radius 1 is 1.06 bits per heavy atom. The van der Waals surface area contributed by atoms with Gasteiger partial charge in [0.2, 0.25) is 5.91 Å². The summed E-state index contributed by atoms with van der Waals surface area (Å²) in [6.07, 6.45) is 3.28. The van der Waals surface area contributed by atoms with Gasteiger partial charge in [-0.3, -0.25) is 4.79 Å². The molecule has 0 spiro atoms. The largest absolute Gasteiger partial charge is 0.381 e. The first kappa shape index (κ1) is 21.2. The number of amides is 1. The number of piperidine rings is 1. The molecule has 2 aromatic carbocycles. The highest BCUT2D eigenvalue weighted by Crippen LogP contribution is 2.39. The average Bonchev–Trinajstić information content (AvgIpc) is 3.35. The normalized spacial score (nSPS) is 20.8. The highest BCUT2D eigenvalue weighted by atomic mass is 32.1. The van der Waals surface area contributed by atoms with Crippen LogP contribution in [-0.4, -0.2) is 47.3 Å². The van der Waals surface area contributed by atoms with E-state index in [-0.39, 0.29) is 17.6 Å². The zero-order valence-corrected chi connectivity index (χ0v) is 18.7. The van der Waals surface area contributed by atoms with Crippen LogP contribution in [0.4, 0.5) is 4.39 Å². The van der Waals surface area contributed by atoms with Gasteiger partial charge in [0.25, 0.3) is 0 Å². The number of nitrogens with zero attached hydrogens (tertiary/aromatic N) is 3. The lowest BCUT2D eigenvalue weighted by Crippen LogP contribution is -2.52. The highest BCUT2D eigenvalue weighted by molar-refractivity contribution is 7.14. The third-order valence-corrected chi connectivity index (χ3v) is 7.80. The summed E-state index contributed by atoms with van der Waals surface area (Å²) in [5, 5.41) is 10.1.